The van der Waals surface area contributed by atoms with Crippen molar-refractivity contribution in [3.63, 3.8) is 0 Å². The molecule has 52 heavy (non-hydrogen) atoms. The molecule has 0 aliphatic carbocycles. The zero-order valence-corrected chi connectivity index (χ0v) is 31.3. The van der Waals surface area contributed by atoms with Gasteiger partial charge in [-0.3, -0.25) is 4.79 Å². The van der Waals surface area contributed by atoms with E-state index in [1.54, 1.807) is 35.8 Å². The van der Waals surface area contributed by atoms with E-state index in [9.17, 15) is 10.1 Å². The fourth-order valence-electron chi connectivity index (χ4n) is 7.06. The largest absolute Gasteiger partial charge is 0.310 e. The molecule has 4 aromatic carbocycles. The summed E-state index contributed by atoms with van der Waals surface area (Å²) in [5, 5.41) is 9.36. The summed E-state index contributed by atoms with van der Waals surface area (Å²) < 4.78 is 13.8. The Labute approximate surface area is 314 Å². The zero-order chi connectivity index (χ0) is 35.7. The fraction of sp³-hybridized carbons (Fsp3) is 0.0976. The Morgan fingerprint density at radius 1 is 0.846 bits per heavy atom. The van der Waals surface area contributed by atoms with Crippen LogP contribution in [-0.4, -0.2) is 13.3 Å². The fourth-order valence-corrected chi connectivity index (χ4v) is 11.1. The van der Waals surface area contributed by atoms with Gasteiger partial charge in [0, 0.05) is 48.4 Å². The first-order chi connectivity index (χ1) is 25.3. The van der Waals surface area contributed by atoms with Gasteiger partial charge in [0.05, 0.1) is 40.3 Å². The molecular formula is C41H26N6OS4. The minimum absolute atomic E-state index is 0.100. The average Bonchev–Trinajstić information content (AvgIpc) is 3.95. The lowest BCUT2D eigenvalue weighted by Gasteiger charge is -2.42. The van der Waals surface area contributed by atoms with Crippen LogP contribution in [0.25, 0.3) is 57.9 Å². The van der Waals surface area contributed by atoms with Crippen molar-refractivity contribution in [2.24, 2.45) is 7.05 Å². The molecule has 9 rings (SSSR count). The molecule has 1 aliphatic rings. The van der Waals surface area contributed by atoms with E-state index in [4.69, 9.17) is 6.57 Å². The van der Waals surface area contributed by atoms with Crippen molar-refractivity contribution < 1.29 is 0 Å². The average molecular weight is 747 g/mol. The predicted octanol–water partition coefficient (Wildman–Crippen LogP) is 9.55. The van der Waals surface area contributed by atoms with Crippen molar-refractivity contribution in [2.45, 2.75) is 19.3 Å². The number of hydrogen-bond donors (Lipinski definition) is 0. The van der Waals surface area contributed by atoms with Gasteiger partial charge in [-0.05, 0) is 65.2 Å². The van der Waals surface area contributed by atoms with Crippen LogP contribution in [0.3, 0.4) is 0 Å². The summed E-state index contributed by atoms with van der Waals surface area (Å²) >= 11 is 5.82. The zero-order valence-electron chi connectivity index (χ0n) is 28.0. The lowest BCUT2D eigenvalue weighted by molar-refractivity contribution is 0.632. The number of nitrogens with zero attached hydrogens (tertiary/aromatic N) is 6. The number of nitriles is 1. The number of thiazole rings is 1. The summed E-state index contributed by atoms with van der Waals surface area (Å²) in [5.41, 5.74) is 10.1. The topological polar surface area (TPSA) is 79.2 Å². The van der Waals surface area contributed by atoms with Crippen LogP contribution in [0.5, 0.6) is 0 Å². The summed E-state index contributed by atoms with van der Waals surface area (Å²) in [5.74, 6) is 0. The molecule has 0 saturated heterocycles. The quantitative estimate of drug-likeness (QED) is 0.168. The Morgan fingerprint density at radius 3 is 2.35 bits per heavy atom. The maximum absolute atomic E-state index is 13.0. The van der Waals surface area contributed by atoms with Crippen molar-refractivity contribution in [1.82, 2.24) is 13.3 Å². The van der Waals surface area contributed by atoms with Crippen LogP contribution in [0.1, 0.15) is 30.5 Å². The lowest BCUT2D eigenvalue weighted by Crippen LogP contribution is -2.30. The van der Waals surface area contributed by atoms with Gasteiger partial charge in [0.15, 0.2) is 0 Å². The number of thiophene rings is 2. The minimum Gasteiger partial charge on any atom is -0.310 e. The van der Waals surface area contributed by atoms with E-state index in [0.717, 1.165) is 55.8 Å². The van der Waals surface area contributed by atoms with E-state index < -0.39 is 0 Å². The second-order valence-electron chi connectivity index (χ2n) is 13.0. The number of anilines is 3. The highest BCUT2D eigenvalue weighted by Gasteiger charge is 2.37. The molecule has 0 atom stereocenters. The van der Waals surface area contributed by atoms with Crippen molar-refractivity contribution in [3.05, 3.63) is 145 Å². The summed E-state index contributed by atoms with van der Waals surface area (Å²) in [4.78, 5) is 21.0. The molecule has 0 unspecified atom stereocenters. The molecule has 8 aromatic rings. The Morgan fingerprint density at radius 2 is 1.56 bits per heavy atom. The lowest BCUT2D eigenvalue weighted by atomic mass is 9.73. The summed E-state index contributed by atoms with van der Waals surface area (Å²) in [6.07, 6.45) is 1.78. The standard InChI is InChI=1S/C41H26N6OS4/c1-41(2)27-12-8-9-13-30(27)47(25-10-6-5-7-11-25)31-17-15-23(18-28(31)41)32-20-34-35(49-32)21-33(50-34)26-16-14-24(37-38(26)45-52-44-37)19-36-39(48)46(4)40(51-36)29(22-42)43-3/h5-21H,1-2,4H3/b36-19-,40-29-. The van der Waals surface area contributed by atoms with Crippen molar-refractivity contribution >= 4 is 95.0 Å². The van der Waals surface area contributed by atoms with Crippen LogP contribution in [0.4, 0.5) is 17.1 Å². The van der Waals surface area contributed by atoms with E-state index in [1.165, 1.54) is 46.9 Å². The first kappa shape index (κ1) is 32.2. The first-order valence-corrected chi connectivity index (χ1v) is 19.5. The van der Waals surface area contributed by atoms with Gasteiger partial charge in [-0.15, -0.1) is 34.0 Å². The molecule has 0 bridgehead atoms. The monoisotopic (exact) mass is 746 g/mol. The molecule has 0 saturated carbocycles. The van der Waals surface area contributed by atoms with Gasteiger partial charge in [0.25, 0.3) is 11.3 Å². The number of fused-ring (bicyclic) bond motifs is 4. The molecule has 0 N–H and O–H groups in total. The third kappa shape index (κ3) is 4.97. The van der Waals surface area contributed by atoms with E-state index in [0.29, 0.717) is 9.20 Å². The molecule has 11 heteroatoms. The second-order valence-corrected chi connectivity index (χ2v) is 16.7. The smallest absolute Gasteiger partial charge is 0.294 e. The van der Waals surface area contributed by atoms with Crippen molar-refractivity contribution in [3.8, 4) is 27.0 Å². The van der Waals surface area contributed by atoms with E-state index in [1.807, 2.05) is 18.2 Å². The van der Waals surface area contributed by atoms with E-state index in [2.05, 4.69) is 117 Å². The molecule has 1 aliphatic heterocycles. The maximum atomic E-state index is 13.0. The van der Waals surface area contributed by atoms with Crippen molar-refractivity contribution in [2.75, 3.05) is 4.90 Å². The third-order valence-corrected chi connectivity index (χ3v) is 13.8. The molecule has 0 amide bonds. The Kier molecular flexibility index (Phi) is 7.58. The van der Waals surface area contributed by atoms with Gasteiger partial charge in [0.2, 0.25) is 0 Å². The van der Waals surface area contributed by atoms with Crippen LogP contribution >= 0.6 is 45.7 Å². The summed E-state index contributed by atoms with van der Waals surface area (Å²) in [6.45, 7) is 12.0. The van der Waals surface area contributed by atoms with Crippen LogP contribution in [0, 0.1) is 17.9 Å². The highest BCUT2D eigenvalue weighted by molar-refractivity contribution is 7.31. The molecule has 5 heterocycles. The molecular weight excluding hydrogens is 721 g/mol. The number of para-hydroxylation sites is 2. The molecule has 0 radical (unpaired) electrons. The normalized spacial score (nSPS) is 14.2. The SMILES string of the molecule is [C-]#[N+]/C(C#N)=c1\s/c(=C\c2ccc(-c3cc4sc(-c5ccc6c(c5)C(C)(C)c5ccccc5N6c5ccccc5)cc4s3)c3nsnc23)c(=O)n1C. The molecule has 0 spiro atoms. The molecule has 7 nitrogen and oxygen atoms in total. The number of benzene rings is 4. The summed E-state index contributed by atoms with van der Waals surface area (Å²) in [6, 6.07) is 36.7. The molecule has 4 aromatic heterocycles. The van der Waals surface area contributed by atoms with Crippen LogP contribution in [-0.2, 0) is 12.5 Å². The molecule has 250 valence electrons. The van der Waals surface area contributed by atoms with E-state index in [-0.39, 0.29) is 16.7 Å². The van der Waals surface area contributed by atoms with Crippen LogP contribution in [0.15, 0.2) is 102 Å². The summed E-state index contributed by atoms with van der Waals surface area (Å²) in [7, 11) is 1.58. The third-order valence-electron chi connectivity index (χ3n) is 9.68. The van der Waals surface area contributed by atoms with Gasteiger partial charge in [0.1, 0.15) is 15.7 Å². The predicted molar refractivity (Wildman–Crippen MR) is 216 cm³/mol. The Hall–Kier alpha value is -5.69. The highest BCUT2D eigenvalue weighted by atomic mass is 32.1. The number of hydrogen-bond acceptors (Lipinski definition) is 9. The minimum atomic E-state index is -0.257. The van der Waals surface area contributed by atoms with Gasteiger partial charge < -0.3 is 9.47 Å². The second kappa shape index (κ2) is 12.2. The van der Waals surface area contributed by atoms with Gasteiger partial charge in [-0.2, -0.15) is 8.75 Å². The Balaban J connectivity index is 1.09. The van der Waals surface area contributed by atoms with Crippen LogP contribution < -0.4 is 19.7 Å². The number of rotatable bonds is 4. The maximum Gasteiger partial charge on any atom is 0.294 e. The van der Waals surface area contributed by atoms with Crippen molar-refractivity contribution in [1.29, 1.82) is 5.26 Å². The number of aromatic nitrogens is 3. The van der Waals surface area contributed by atoms with Gasteiger partial charge >= 0.3 is 0 Å². The highest BCUT2D eigenvalue weighted by Crippen LogP contribution is 2.53. The Bertz CT molecular complexity index is 2970. The van der Waals surface area contributed by atoms with Gasteiger partial charge in [-0.25, -0.2) is 10.1 Å². The van der Waals surface area contributed by atoms with Crippen LogP contribution in [0.2, 0.25) is 0 Å². The van der Waals surface area contributed by atoms with Gasteiger partial charge in [-0.1, -0.05) is 68.4 Å². The molecule has 0 fully saturated rings. The van der Waals surface area contributed by atoms with E-state index >= 15 is 0 Å². The first-order valence-electron chi connectivity index (χ1n) is 16.3.